The number of amides is 1. The molecule has 1 aromatic rings. The third-order valence-corrected chi connectivity index (χ3v) is 3.47. The standard InChI is InChI=1S/C15H20BrNO4/c1-9-5-6-13(12(16)7-9)21-11(3)15(19)17-10(2)8-14(18)20-4/h5-7,10-11H,8H2,1-4H3,(H,17,19). The molecule has 5 nitrogen and oxygen atoms in total. The highest BCUT2D eigenvalue weighted by Crippen LogP contribution is 2.26. The van der Waals surface area contributed by atoms with Crippen LogP contribution in [0.1, 0.15) is 25.8 Å². The molecule has 0 spiro atoms. The summed E-state index contributed by atoms with van der Waals surface area (Å²) in [6.45, 7) is 5.37. The van der Waals surface area contributed by atoms with Gasteiger partial charge in [-0.05, 0) is 54.4 Å². The Kier molecular flexibility index (Phi) is 6.68. The summed E-state index contributed by atoms with van der Waals surface area (Å²) < 4.78 is 11.0. The van der Waals surface area contributed by atoms with Crippen molar-refractivity contribution >= 4 is 27.8 Å². The van der Waals surface area contributed by atoms with Gasteiger partial charge in [-0.15, -0.1) is 0 Å². The number of rotatable bonds is 6. The smallest absolute Gasteiger partial charge is 0.307 e. The summed E-state index contributed by atoms with van der Waals surface area (Å²) in [4.78, 5) is 23.1. The van der Waals surface area contributed by atoms with Gasteiger partial charge in [0.05, 0.1) is 18.0 Å². The Morgan fingerprint density at radius 3 is 2.57 bits per heavy atom. The molecule has 116 valence electrons. The van der Waals surface area contributed by atoms with Crippen LogP contribution in [-0.4, -0.2) is 31.1 Å². The van der Waals surface area contributed by atoms with Crippen molar-refractivity contribution in [3.05, 3.63) is 28.2 Å². The second-order valence-corrected chi connectivity index (χ2v) is 5.74. The zero-order valence-electron chi connectivity index (χ0n) is 12.6. The summed E-state index contributed by atoms with van der Waals surface area (Å²) in [5.74, 6) is -0.0413. The number of benzene rings is 1. The second-order valence-electron chi connectivity index (χ2n) is 4.88. The summed E-state index contributed by atoms with van der Waals surface area (Å²) in [5.41, 5.74) is 1.10. The van der Waals surface area contributed by atoms with Crippen molar-refractivity contribution in [3.63, 3.8) is 0 Å². The molecule has 0 aliphatic rings. The Bertz CT molecular complexity index is 518. The van der Waals surface area contributed by atoms with Gasteiger partial charge >= 0.3 is 5.97 Å². The minimum absolute atomic E-state index is 0.128. The van der Waals surface area contributed by atoms with Gasteiger partial charge in [-0.3, -0.25) is 9.59 Å². The first kappa shape index (κ1) is 17.5. The zero-order chi connectivity index (χ0) is 16.0. The minimum Gasteiger partial charge on any atom is -0.480 e. The molecule has 0 saturated heterocycles. The number of esters is 1. The van der Waals surface area contributed by atoms with E-state index in [4.69, 9.17) is 4.74 Å². The van der Waals surface area contributed by atoms with Gasteiger partial charge in [0.1, 0.15) is 5.75 Å². The molecular weight excluding hydrogens is 338 g/mol. The van der Waals surface area contributed by atoms with E-state index in [-0.39, 0.29) is 24.3 Å². The third-order valence-electron chi connectivity index (χ3n) is 2.85. The quantitative estimate of drug-likeness (QED) is 0.794. The summed E-state index contributed by atoms with van der Waals surface area (Å²) in [7, 11) is 1.32. The molecule has 1 N–H and O–H groups in total. The number of carbonyl (C=O) groups excluding carboxylic acids is 2. The molecular formula is C15H20BrNO4. The van der Waals surface area contributed by atoms with E-state index < -0.39 is 6.10 Å². The zero-order valence-corrected chi connectivity index (χ0v) is 14.2. The van der Waals surface area contributed by atoms with Gasteiger partial charge < -0.3 is 14.8 Å². The first-order chi connectivity index (χ1) is 9.83. The molecule has 2 atom stereocenters. The predicted octanol–water partition coefficient (Wildman–Crippen LogP) is 2.59. The highest BCUT2D eigenvalue weighted by molar-refractivity contribution is 9.10. The number of hydrogen-bond donors (Lipinski definition) is 1. The normalized spacial score (nSPS) is 13.2. The molecule has 1 aromatic carbocycles. The maximum Gasteiger partial charge on any atom is 0.307 e. The first-order valence-corrected chi connectivity index (χ1v) is 7.42. The van der Waals surface area contributed by atoms with Crippen LogP contribution in [0.3, 0.4) is 0 Å². The molecule has 2 unspecified atom stereocenters. The highest BCUT2D eigenvalue weighted by atomic mass is 79.9. The molecule has 1 amide bonds. The number of ether oxygens (including phenoxy) is 2. The van der Waals surface area contributed by atoms with Crippen molar-refractivity contribution in [1.82, 2.24) is 5.32 Å². The van der Waals surface area contributed by atoms with Crippen LogP contribution in [-0.2, 0) is 14.3 Å². The van der Waals surface area contributed by atoms with Crippen molar-refractivity contribution in [2.45, 2.75) is 39.3 Å². The van der Waals surface area contributed by atoms with Crippen LogP contribution >= 0.6 is 15.9 Å². The van der Waals surface area contributed by atoms with Crippen molar-refractivity contribution < 1.29 is 19.1 Å². The summed E-state index contributed by atoms with van der Waals surface area (Å²) in [5, 5.41) is 2.72. The van der Waals surface area contributed by atoms with Crippen molar-refractivity contribution in [1.29, 1.82) is 0 Å². The Labute approximate surface area is 133 Å². The van der Waals surface area contributed by atoms with Crippen molar-refractivity contribution in [2.24, 2.45) is 0 Å². The van der Waals surface area contributed by atoms with Crippen LogP contribution in [0, 0.1) is 6.92 Å². The molecule has 0 bridgehead atoms. The van der Waals surface area contributed by atoms with Crippen LogP contribution in [0.5, 0.6) is 5.75 Å². The average molecular weight is 358 g/mol. The van der Waals surface area contributed by atoms with Crippen LogP contribution in [0.15, 0.2) is 22.7 Å². The lowest BCUT2D eigenvalue weighted by Gasteiger charge is -2.18. The summed E-state index contributed by atoms with van der Waals surface area (Å²) >= 11 is 3.40. The lowest BCUT2D eigenvalue weighted by Crippen LogP contribution is -2.42. The molecule has 6 heteroatoms. The highest BCUT2D eigenvalue weighted by Gasteiger charge is 2.19. The molecule has 0 saturated carbocycles. The van der Waals surface area contributed by atoms with Crippen molar-refractivity contribution in [2.75, 3.05) is 7.11 Å². The SMILES string of the molecule is COC(=O)CC(C)NC(=O)C(C)Oc1ccc(C)cc1Br. The number of aryl methyl sites for hydroxylation is 1. The van der Waals surface area contributed by atoms with E-state index in [1.807, 2.05) is 19.1 Å². The lowest BCUT2D eigenvalue weighted by atomic mass is 10.2. The fraction of sp³-hybridized carbons (Fsp3) is 0.467. The van der Waals surface area contributed by atoms with Crippen molar-refractivity contribution in [3.8, 4) is 5.75 Å². The van der Waals surface area contributed by atoms with Gasteiger partial charge in [0, 0.05) is 6.04 Å². The summed E-state index contributed by atoms with van der Waals surface area (Å²) in [6.07, 6.45) is -0.535. The fourth-order valence-electron chi connectivity index (χ4n) is 1.69. The Hall–Kier alpha value is -1.56. The van der Waals surface area contributed by atoms with Gasteiger partial charge in [-0.2, -0.15) is 0 Å². The number of methoxy groups -OCH3 is 1. The monoisotopic (exact) mass is 357 g/mol. The molecule has 0 fully saturated rings. The number of hydrogen-bond acceptors (Lipinski definition) is 4. The fourth-order valence-corrected chi connectivity index (χ4v) is 2.28. The van der Waals surface area contributed by atoms with Crippen LogP contribution < -0.4 is 10.1 Å². The van der Waals surface area contributed by atoms with Gasteiger partial charge in [0.2, 0.25) is 0 Å². The lowest BCUT2D eigenvalue weighted by molar-refractivity contribution is -0.141. The molecule has 0 heterocycles. The first-order valence-electron chi connectivity index (χ1n) is 6.63. The molecule has 1 rings (SSSR count). The van der Waals surface area contributed by atoms with E-state index in [1.165, 1.54) is 7.11 Å². The second kappa shape index (κ2) is 8.02. The summed E-state index contributed by atoms with van der Waals surface area (Å²) in [6, 6.07) is 5.32. The van der Waals surface area contributed by atoms with Gasteiger partial charge in [0.15, 0.2) is 6.10 Å². The number of halogens is 1. The molecule has 0 aliphatic heterocycles. The minimum atomic E-state index is -0.663. The maximum atomic E-state index is 12.0. The average Bonchev–Trinajstić information content (AvgIpc) is 2.41. The van der Waals surface area contributed by atoms with Crippen LogP contribution in [0.2, 0.25) is 0 Å². The van der Waals surface area contributed by atoms with E-state index in [2.05, 4.69) is 26.0 Å². The molecule has 21 heavy (non-hydrogen) atoms. The van der Waals surface area contributed by atoms with Gasteiger partial charge in [-0.25, -0.2) is 0 Å². The maximum absolute atomic E-state index is 12.0. The Morgan fingerprint density at radius 1 is 1.33 bits per heavy atom. The van der Waals surface area contributed by atoms with E-state index >= 15 is 0 Å². The Morgan fingerprint density at radius 2 is 2.00 bits per heavy atom. The number of nitrogens with one attached hydrogen (secondary N) is 1. The molecule has 0 aromatic heterocycles. The van der Waals surface area contributed by atoms with E-state index in [0.717, 1.165) is 10.0 Å². The van der Waals surface area contributed by atoms with Gasteiger partial charge in [0.25, 0.3) is 5.91 Å². The van der Waals surface area contributed by atoms with Gasteiger partial charge in [-0.1, -0.05) is 6.07 Å². The Balaban J connectivity index is 2.56. The molecule has 0 radical (unpaired) electrons. The van der Waals surface area contributed by atoms with E-state index in [0.29, 0.717) is 5.75 Å². The van der Waals surface area contributed by atoms with E-state index in [1.54, 1.807) is 19.9 Å². The van der Waals surface area contributed by atoms with Crippen LogP contribution in [0.25, 0.3) is 0 Å². The largest absolute Gasteiger partial charge is 0.480 e. The third kappa shape index (κ3) is 5.75. The predicted molar refractivity (Wildman–Crippen MR) is 83.2 cm³/mol. The topological polar surface area (TPSA) is 64.6 Å². The number of carbonyl (C=O) groups is 2. The van der Waals surface area contributed by atoms with E-state index in [9.17, 15) is 9.59 Å². The molecule has 0 aliphatic carbocycles. The van der Waals surface area contributed by atoms with Crippen LogP contribution in [0.4, 0.5) is 0 Å².